The van der Waals surface area contributed by atoms with E-state index < -0.39 is 0 Å². The molecule has 10 heteroatoms. The van der Waals surface area contributed by atoms with Crippen LogP contribution in [0.3, 0.4) is 0 Å². The van der Waals surface area contributed by atoms with Crippen molar-refractivity contribution < 1.29 is 14.3 Å². The summed E-state index contributed by atoms with van der Waals surface area (Å²) in [5.41, 5.74) is 2.39. The number of amides is 1. The molecule has 0 saturated carbocycles. The smallest absolute Gasteiger partial charge is 0.262 e. The van der Waals surface area contributed by atoms with Crippen molar-refractivity contribution in [3.05, 3.63) is 35.9 Å². The van der Waals surface area contributed by atoms with Crippen LogP contribution in [-0.2, 0) is 0 Å². The molecule has 3 aromatic rings. The Morgan fingerprint density at radius 3 is 2.76 bits per heavy atom. The SMILES string of the molecule is CCOc1nc(N(CC)C2CCNCC2)ncc1C(=O)Nc1cc(OC)c2nc(C)cn2c1. The van der Waals surface area contributed by atoms with Crippen LogP contribution in [0.2, 0.25) is 0 Å². The third kappa shape index (κ3) is 4.85. The lowest BCUT2D eigenvalue weighted by molar-refractivity contribution is 0.102. The number of rotatable bonds is 8. The average molecular weight is 454 g/mol. The molecule has 0 atom stereocenters. The van der Waals surface area contributed by atoms with Gasteiger partial charge in [0.2, 0.25) is 11.8 Å². The molecule has 1 amide bonds. The van der Waals surface area contributed by atoms with E-state index in [9.17, 15) is 4.79 Å². The summed E-state index contributed by atoms with van der Waals surface area (Å²) in [5.74, 6) is 1.08. The second kappa shape index (κ2) is 10.0. The number of methoxy groups -OCH3 is 1. The molecule has 10 nitrogen and oxygen atoms in total. The molecule has 0 radical (unpaired) electrons. The minimum atomic E-state index is -0.354. The lowest BCUT2D eigenvalue weighted by Gasteiger charge is -2.34. The van der Waals surface area contributed by atoms with E-state index in [0.717, 1.165) is 38.2 Å². The van der Waals surface area contributed by atoms with Crippen LogP contribution in [0.5, 0.6) is 11.6 Å². The Bertz CT molecular complexity index is 1120. The minimum absolute atomic E-state index is 0.277. The van der Waals surface area contributed by atoms with E-state index in [4.69, 9.17) is 9.47 Å². The maximum absolute atomic E-state index is 13.1. The molecular formula is C23H31N7O3. The molecule has 1 fully saturated rings. The number of carbonyl (C=O) groups excluding carboxylic acids is 1. The molecule has 0 spiro atoms. The maximum atomic E-state index is 13.1. The monoisotopic (exact) mass is 453 g/mol. The molecule has 1 aliphatic heterocycles. The van der Waals surface area contributed by atoms with Crippen molar-refractivity contribution in [1.82, 2.24) is 24.7 Å². The number of fused-ring (bicyclic) bond motifs is 1. The summed E-state index contributed by atoms with van der Waals surface area (Å²) in [6.07, 6.45) is 7.27. The summed E-state index contributed by atoms with van der Waals surface area (Å²) in [7, 11) is 1.58. The van der Waals surface area contributed by atoms with Crippen molar-refractivity contribution in [3.8, 4) is 11.6 Å². The Morgan fingerprint density at radius 2 is 2.06 bits per heavy atom. The zero-order chi connectivity index (χ0) is 23.4. The van der Waals surface area contributed by atoms with Crippen molar-refractivity contribution in [1.29, 1.82) is 0 Å². The quantitative estimate of drug-likeness (QED) is 0.536. The number of aryl methyl sites for hydroxylation is 1. The third-order valence-electron chi connectivity index (χ3n) is 5.73. The van der Waals surface area contributed by atoms with Gasteiger partial charge in [-0.25, -0.2) is 9.97 Å². The van der Waals surface area contributed by atoms with Gasteiger partial charge in [-0.2, -0.15) is 4.98 Å². The number of aromatic nitrogens is 4. The summed E-state index contributed by atoms with van der Waals surface area (Å²) >= 11 is 0. The van der Waals surface area contributed by atoms with Gasteiger partial charge in [-0.05, 0) is 46.7 Å². The fraction of sp³-hybridized carbons (Fsp3) is 0.478. The van der Waals surface area contributed by atoms with Crippen molar-refractivity contribution in [2.45, 2.75) is 39.7 Å². The summed E-state index contributed by atoms with van der Waals surface area (Å²) < 4.78 is 13.0. The lowest BCUT2D eigenvalue weighted by Crippen LogP contribution is -2.44. The second-order valence-electron chi connectivity index (χ2n) is 7.95. The van der Waals surface area contributed by atoms with Crippen molar-refractivity contribution >= 4 is 23.2 Å². The van der Waals surface area contributed by atoms with Gasteiger partial charge in [0.15, 0.2) is 11.4 Å². The molecule has 2 N–H and O–H groups in total. The molecule has 1 aliphatic rings. The Kier molecular flexibility index (Phi) is 6.93. The predicted octanol–water partition coefficient (Wildman–Crippen LogP) is 2.67. The van der Waals surface area contributed by atoms with Crippen molar-refractivity contribution in [2.24, 2.45) is 0 Å². The van der Waals surface area contributed by atoms with Crippen molar-refractivity contribution in [3.63, 3.8) is 0 Å². The van der Waals surface area contributed by atoms with Gasteiger partial charge in [0.1, 0.15) is 5.56 Å². The highest BCUT2D eigenvalue weighted by Crippen LogP contribution is 2.26. The van der Waals surface area contributed by atoms with Crippen LogP contribution < -0.4 is 25.0 Å². The molecule has 3 aromatic heterocycles. The van der Waals surface area contributed by atoms with Crippen LogP contribution >= 0.6 is 0 Å². The van der Waals surface area contributed by atoms with Gasteiger partial charge in [-0.3, -0.25) is 4.79 Å². The summed E-state index contributed by atoms with van der Waals surface area (Å²) in [6, 6.07) is 2.11. The molecule has 4 rings (SSSR count). The van der Waals surface area contributed by atoms with E-state index in [-0.39, 0.29) is 17.4 Å². The zero-order valence-corrected chi connectivity index (χ0v) is 19.6. The summed E-state index contributed by atoms with van der Waals surface area (Å²) in [4.78, 5) is 28.9. The lowest BCUT2D eigenvalue weighted by atomic mass is 10.1. The van der Waals surface area contributed by atoms with Gasteiger partial charge in [0.25, 0.3) is 5.91 Å². The van der Waals surface area contributed by atoms with E-state index >= 15 is 0 Å². The normalized spacial score (nSPS) is 14.3. The third-order valence-corrected chi connectivity index (χ3v) is 5.73. The Hall–Kier alpha value is -3.40. The molecular weight excluding hydrogens is 422 g/mol. The fourth-order valence-electron chi connectivity index (χ4n) is 4.19. The Morgan fingerprint density at radius 1 is 1.27 bits per heavy atom. The second-order valence-corrected chi connectivity index (χ2v) is 7.95. The highest BCUT2D eigenvalue weighted by molar-refractivity contribution is 6.05. The summed E-state index contributed by atoms with van der Waals surface area (Å²) in [5, 5.41) is 6.29. The molecule has 0 unspecified atom stereocenters. The largest absolute Gasteiger partial charge is 0.493 e. The number of pyridine rings is 1. The first-order chi connectivity index (χ1) is 16.0. The van der Waals surface area contributed by atoms with Crippen LogP contribution in [0.4, 0.5) is 11.6 Å². The average Bonchev–Trinajstić information content (AvgIpc) is 3.20. The number of hydrogen-bond acceptors (Lipinski definition) is 8. The Balaban J connectivity index is 1.61. The number of anilines is 2. The van der Waals surface area contributed by atoms with Gasteiger partial charge in [0.05, 0.1) is 25.1 Å². The van der Waals surface area contributed by atoms with Crippen LogP contribution in [0, 0.1) is 6.92 Å². The molecule has 0 aromatic carbocycles. The number of ether oxygens (including phenoxy) is 2. The molecule has 176 valence electrons. The molecule has 33 heavy (non-hydrogen) atoms. The number of nitrogens with one attached hydrogen (secondary N) is 2. The van der Waals surface area contributed by atoms with E-state index in [1.807, 2.05) is 24.4 Å². The van der Waals surface area contributed by atoms with Crippen LogP contribution in [-0.4, -0.2) is 64.7 Å². The maximum Gasteiger partial charge on any atom is 0.262 e. The zero-order valence-electron chi connectivity index (χ0n) is 19.6. The number of imidazole rings is 1. The summed E-state index contributed by atoms with van der Waals surface area (Å²) in [6.45, 7) is 8.99. The number of nitrogens with zero attached hydrogens (tertiary/aromatic N) is 5. The van der Waals surface area contributed by atoms with Crippen LogP contribution in [0.15, 0.2) is 24.7 Å². The predicted molar refractivity (Wildman–Crippen MR) is 127 cm³/mol. The highest BCUT2D eigenvalue weighted by Gasteiger charge is 2.24. The van der Waals surface area contributed by atoms with Gasteiger partial charge in [-0.15, -0.1) is 0 Å². The molecule has 0 aliphatic carbocycles. The van der Waals surface area contributed by atoms with E-state index in [1.54, 1.807) is 25.6 Å². The minimum Gasteiger partial charge on any atom is -0.493 e. The highest BCUT2D eigenvalue weighted by atomic mass is 16.5. The van der Waals surface area contributed by atoms with Crippen LogP contribution in [0.1, 0.15) is 42.7 Å². The molecule has 0 bridgehead atoms. The van der Waals surface area contributed by atoms with Crippen LogP contribution in [0.25, 0.3) is 5.65 Å². The van der Waals surface area contributed by atoms with E-state index in [0.29, 0.717) is 35.7 Å². The van der Waals surface area contributed by atoms with Crippen molar-refractivity contribution in [2.75, 3.05) is 43.6 Å². The molecule has 4 heterocycles. The number of hydrogen-bond donors (Lipinski definition) is 2. The number of piperidine rings is 1. The van der Waals surface area contributed by atoms with Gasteiger partial charge in [-0.1, -0.05) is 0 Å². The first-order valence-electron chi connectivity index (χ1n) is 11.4. The van der Waals surface area contributed by atoms with Gasteiger partial charge >= 0.3 is 0 Å². The number of carbonyl (C=O) groups is 1. The Labute approximate surface area is 193 Å². The fourth-order valence-corrected chi connectivity index (χ4v) is 4.19. The van der Waals surface area contributed by atoms with E-state index in [1.165, 1.54) is 0 Å². The first-order valence-corrected chi connectivity index (χ1v) is 11.4. The standard InChI is InChI=1S/C23H31N7O3/c1-5-30(17-7-9-24-10-8-17)23-25-12-18(22(28-23)33-6-2)21(31)27-16-11-19(32-4)20-26-15(3)13-29(20)14-16/h11-14,17,24H,5-10H2,1-4H3,(H,27,31). The topological polar surface area (TPSA) is 106 Å². The first kappa shape index (κ1) is 22.8. The van der Waals surface area contributed by atoms with Gasteiger partial charge in [0, 0.05) is 37.2 Å². The molecule has 1 saturated heterocycles. The van der Waals surface area contributed by atoms with E-state index in [2.05, 4.69) is 37.4 Å². The van der Waals surface area contributed by atoms with Gasteiger partial charge < -0.3 is 29.4 Å².